The summed E-state index contributed by atoms with van der Waals surface area (Å²) in [5, 5.41) is 3.10. The van der Waals surface area contributed by atoms with Gasteiger partial charge in [0.1, 0.15) is 0 Å². The number of rotatable bonds is 7. The quantitative estimate of drug-likeness (QED) is 0.701. The average Bonchev–Trinajstić information content (AvgIpc) is 2.19. The van der Waals surface area contributed by atoms with Crippen LogP contribution in [0.5, 0.6) is 0 Å². The predicted octanol–water partition coefficient (Wildman–Crippen LogP) is 2.16. The lowest BCUT2D eigenvalue weighted by Crippen LogP contribution is -2.44. The van der Waals surface area contributed by atoms with Crippen LogP contribution >= 0.6 is 0 Å². The fourth-order valence-electron chi connectivity index (χ4n) is 2.13. The summed E-state index contributed by atoms with van der Waals surface area (Å²) in [6.07, 6.45) is 2.21. The van der Waals surface area contributed by atoms with E-state index in [9.17, 15) is 4.79 Å². The Morgan fingerprint density at radius 2 is 1.69 bits per heavy atom. The summed E-state index contributed by atoms with van der Waals surface area (Å²) < 4.78 is 0. The van der Waals surface area contributed by atoms with E-state index in [1.165, 1.54) is 0 Å². The van der Waals surface area contributed by atoms with Crippen molar-refractivity contribution in [1.29, 1.82) is 0 Å². The maximum atomic E-state index is 12.0. The monoisotopic (exact) mass is 228 g/mol. The van der Waals surface area contributed by atoms with Gasteiger partial charge >= 0.3 is 0 Å². The molecule has 0 heterocycles. The molecule has 0 fully saturated rings. The van der Waals surface area contributed by atoms with E-state index in [4.69, 9.17) is 5.73 Å². The molecule has 2 atom stereocenters. The molecule has 0 bridgehead atoms. The molecular formula is C13H28N2O. The van der Waals surface area contributed by atoms with Crippen LogP contribution in [0.25, 0.3) is 0 Å². The largest absolute Gasteiger partial charge is 0.353 e. The topological polar surface area (TPSA) is 55.1 Å². The molecule has 0 aromatic heterocycles. The van der Waals surface area contributed by atoms with Crippen LogP contribution in [0.2, 0.25) is 0 Å². The van der Waals surface area contributed by atoms with Crippen molar-refractivity contribution in [2.24, 2.45) is 23.5 Å². The second-order valence-corrected chi connectivity index (χ2v) is 4.96. The van der Waals surface area contributed by atoms with Gasteiger partial charge in [0.2, 0.25) is 5.91 Å². The lowest BCUT2D eigenvalue weighted by Gasteiger charge is -2.26. The Morgan fingerprint density at radius 3 is 2.00 bits per heavy atom. The van der Waals surface area contributed by atoms with Crippen molar-refractivity contribution in [2.45, 2.75) is 53.5 Å². The highest BCUT2D eigenvalue weighted by Crippen LogP contribution is 2.15. The zero-order valence-electron chi connectivity index (χ0n) is 11.4. The summed E-state index contributed by atoms with van der Waals surface area (Å²) in [5.74, 6) is 0.919. The molecule has 1 amide bonds. The second-order valence-electron chi connectivity index (χ2n) is 4.96. The number of hydrogen-bond acceptors (Lipinski definition) is 2. The first-order valence-corrected chi connectivity index (χ1v) is 6.48. The van der Waals surface area contributed by atoms with Gasteiger partial charge in [0.15, 0.2) is 0 Å². The van der Waals surface area contributed by atoms with Crippen LogP contribution in [0.3, 0.4) is 0 Å². The molecule has 3 heteroatoms. The third-order valence-corrected chi connectivity index (χ3v) is 3.52. The van der Waals surface area contributed by atoms with E-state index >= 15 is 0 Å². The third kappa shape index (κ3) is 4.52. The minimum Gasteiger partial charge on any atom is -0.353 e. The van der Waals surface area contributed by atoms with Crippen molar-refractivity contribution in [3.8, 4) is 0 Å². The van der Waals surface area contributed by atoms with Gasteiger partial charge in [-0.25, -0.2) is 0 Å². The van der Waals surface area contributed by atoms with Crippen molar-refractivity contribution in [1.82, 2.24) is 5.32 Å². The zero-order valence-corrected chi connectivity index (χ0v) is 11.4. The number of carbonyl (C=O) groups is 1. The Balaban J connectivity index is 4.31. The molecule has 0 saturated heterocycles. The van der Waals surface area contributed by atoms with Gasteiger partial charge in [0, 0.05) is 12.6 Å². The normalized spacial score (nSPS) is 15.2. The van der Waals surface area contributed by atoms with Crippen LogP contribution < -0.4 is 11.1 Å². The standard InChI is InChI=1S/C13H28N2O/c1-6-11(7-2)10(5)15-13(16)12(8-14)9(3)4/h9-12H,6-8,14H2,1-5H3,(H,15,16). The summed E-state index contributed by atoms with van der Waals surface area (Å²) in [5.41, 5.74) is 5.63. The Bertz CT molecular complexity index is 200. The molecule has 0 aliphatic rings. The average molecular weight is 228 g/mol. The maximum absolute atomic E-state index is 12.0. The van der Waals surface area contributed by atoms with Crippen LogP contribution in [0.1, 0.15) is 47.5 Å². The molecule has 3 nitrogen and oxygen atoms in total. The third-order valence-electron chi connectivity index (χ3n) is 3.52. The van der Waals surface area contributed by atoms with Crippen molar-refractivity contribution >= 4 is 5.91 Å². The number of carbonyl (C=O) groups excluding carboxylic acids is 1. The van der Waals surface area contributed by atoms with Crippen molar-refractivity contribution in [3.05, 3.63) is 0 Å². The van der Waals surface area contributed by atoms with Crippen LogP contribution in [0.15, 0.2) is 0 Å². The highest BCUT2D eigenvalue weighted by molar-refractivity contribution is 5.79. The van der Waals surface area contributed by atoms with Crippen LogP contribution in [0.4, 0.5) is 0 Å². The fraction of sp³-hybridized carbons (Fsp3) is 0.923. The number of nitrogens with two attached hydrogens (primary N) is 1. The zero-order chi connectivity index (χ0) is 12.7. The summed E-state index contributed by atoms with van der Waals surface area (Å²) in [4.78, 5) is 12.0. The van der Waals surface area contributed by atoms with Gasteiger partial charge in [0.25, 0.3) is 0 Å². The van der Waals surface area contributed by atoms with E-state index in [0.717, 1.165) is 12.8 Å². The van der Waals surface area contributed by atoms with E-state index in [1.54, 1.807) is 0 Å². The summed E-state index contributed by atoms with van der Waals surface area (Å²) in [6, 6.07) is 0.246. The van der Waals surface area contributed by atoms with Crippen LogP contribution in [-0.2, 0) is 4.79 Å². The first kappa shape index (κ1) is 15.4. The van der Waals surface area contributed by atoms with Crippen molar-refractivity contribution < 1.29 is 4.79 Å². The minimum absolute atomic E-state index is 0.0585. The molecule has 2 unspecified atom stereocenters. The van der Waals surface area contributed by atoms with Gasteiger partial charge in [-0.2, -0.15) is 0 Å². The van der Waals surface area contributed by atoms with Crippen molar-refractivity contribution in [3.63, 3.8) is 0 Å². The summed E-state index contributed by atoms with van der Waals surface area (Å²) in [7, 11) is 0. The lowest BCUT2D eigenvalue weighted by atomic mass is 9.92. The molecule has 0 aromatic carbocycles. The van der Waals surface area contributed by atoms with Gasteiger partial charge < -0.3 is 11.1 Å². The summed E-state index contributed by atoms with van der Waals surface area (Å²) >= 11 is 0. The van der Waals surface area contributed by atoms with Gasteiger partial charge in [-0.15, -0.1) is 0 Å². The molecule has 0 saturated carbocycles. The Labute approximate surface area is 100 Å². The van der Waals surface area contributed by atoms with Crippen LogP contribution in [0, 0.1) is 17.8 Å². The van der Waals surface area contributed by atoms with E-state index in [0.29, 0.717) is 18.4 Å². The molecule has 0 spiro atoms. The highest BCUT2D eigenvalue weighted by atomic mass is 16.2. The highest BCUT2D eigenvalue weighted by Gasteiger charge is 2.23. The molecule has 96 valence electrons. The number of hydrogen-bond donors (Lipinski definition) is 2. The van der Waals surface area contributed by atoms with E-state index in [2.05, 4.69) is 26.1 Å². The fourth-order valence-corrected chi connectivity index (χ4v) is 2.13. The van der Waals surface area contributed by atoms with E-state index < -0.39 is 0 Å². The first-order chi connectivity index (χ1) is 7.47. The van der Waals surface area contributed by atoms with Gasteiger partial charge in [0.05, 0.1) is 5.92 Å². The smallest absolute Gasteiger partial charge is 0.224 e. The van der Waals surface area contributed by atoms with Crippen LogP contribution in [-0.4, -0.2) is 18.5 Å². The predicted molar refractivity (Wildman–Crippen MR) is 69.1 cm³/mol. The second kappa shape index (κ2) is 7.66. The molecule has 0 radical (unpaired) electrons. The van der Waals surface area contributed by atoms with Crippen molar-refractivity contribution in [2.75, 3.05) is 6.54 Å². The summed E-state index contributed by atoms with van der Waals surface area (Å²) in [6.45, 7) is 10.9. The molecule has 0 aromatic rings. The van der Waals surface area contributed by atoms with E-state index in [-0.39, 0.29) is 17.9 Å². The SMILES string of the molecule is CCC(CC)C(C)NC(=O)C(CN)C(C)C. The molecule has 16 heavy (non-hydrogen) atoms. The van der Waals surface area contributed by atoms with Gasteiger partial charge in [-0.1, -0.05) is 40.5 Å². The maximum Gasteiger partial charge on any atom is 0.224 e. The molecule has 0 rings (SSSR count). The van der Waals surface area contributed by atoms with Gasteiger partial charge in [-0.05, 0) is 18.8 Å². The van der Waals surface area contributed by atoms with E-state index in [1.807, 2.05) is 13.8 Å². The number of amides is 1. The molecular weight excluding hydrogens is 200 g/mol. The molecule has 3 N–H and O–H groups in total. The molecule has 0 aliphatic heterocycles. The Morgan fingerprint density at radius 1 is 1.19 bits per heavy atom. The lowest BCUT2D eigenvalue weighted by molar-refractivity contribution is -0.126. The Hall–Kier alpha value is -0.570. The molecule has 0 aliphatic carbocycles. The van der Waals surface area contributed by atoms with Gasteiger partial charge in [-0.3, -0.25) is 4.79 Å². The Kier molecular flexibility index (Phi) is 7.39. The number of nitrogens with one attached hydrogen (secondary N) is 1. The minimum atomic E-state index is -0.0585. The first-order valence-electron chi connectivity index (χ1n) is 6.48.